The highest BCUT2D eigenvalue weighted by Crippen LogP contribution is 2.31. The van der Waals surface area contributed by atoms with E-state index in [0.29, 0.717) is 38.2 Å². The van der Waals surface area contributed by atoms with Crippen LogP contribution in [0.25, 0.3) is 10.9 Å². The Hall–Kier alpha value is -2.83. The fourth-order valence-electron chi connectivity index (χ4n) is 2.99. The monoisotopic (exact) mass is 342 g/mol. The first-order valence-electron chi connectivity index (χ1n) is 8.29. The zero-order valence-corrected chi connectivity index (χ0v) is 14.2. The van der Waals surface area contributed by atoms with Gasteiger partial charge in [0.15, 0.2) is 0 Å². The molecule has 1 saturated heterocycles. The Morgan fingerprint density at radius 2 is 2.12 bits per heavy atom. The first-order valence-corrected chi connectivity index (χ1v) is 8.29. The van der Waals surface area contributed by atoms with Gasteiger partial charge < -0.3 is 15.3 Å². The minimum Gasteiger partial charge on any atom is -0.481 e. The van der Waals surface area contributed by atoms with E-state index in [2.05, 4.69) is 17.0 Å². The summed E-state index contributed by atoms with van der Waals surface area (Å²) in [6.45, 7) is 6.93. The van der Waals surface area contributed by atoms with E-state index in [0.717, 1.165) is 10.9 Å². The number of rotatable bonds is 4. The summed E-state index contributed by atoms with van der Waals surface area (Å²) >= 11 is 0. The van der Waals surface area contributed by atoms with Crippen molar-refractivity contribution >= 4 is 28.6 Å². The number of carbonyl (C=O) groups is 2. The molecule has 0 bridgehead atoms. The predicted molar refractivity (Wildman–Crippen MR) is 95.5 cm³/mol. The van der Waals surface area contributed by atoms with Crippen LogP contribution in [0.15, 0.2) is 37.1 Å². The van der Waals surface area contributed by atoms with E-state index in [1.807, 2.05) is 24.4 Å². The van der Waals surface area contributed by atoms with Crippen molar-refractivity contribution in [2.24, 2.45) is 5.41 Å². The van der Waals surface area contributed by atoms with E-state index >= 15 is 0 Å². The number of hydrogen-bond acceptors (Lipinski definition) is 3. The predicted octanol–water partition coefficient (Wildman–Crippen LogP) is 2.94. The molecule has 25 heavy (non-hydrogen) atoms. The molecule has 1 aromatic carbocycles. The topological polar surface area (TPSA) is 87.5 Å². The van der Waals surface area contributed by atoms with Gasteiger partial charge in [0, 0.05) is 30.4 Å². The van der Waals surface area contributed by atoms with Crippen molar-refractivity contribution in [3.8, 4) is 0 Å². The molecular weight excluding hydrogens is 320 g/mol. The van der Waals surface area contributed by atoms with Gasteiger partial charge in [-0.15, -0.1) is 6.58 Å². The van der Waals surface area contributed by atoms with Gasteiger partial charge in [0.05, 0.1) is 17.5 Å². The number of fused-ring (bicyclic) bond motifs is 1. The van der Waals surface area contributed by atoms with Crippen molar-refractivity contribution in [3.05, 3.63) is 37.1 Å². The van der Waals surface area contributed by atoms with Gasteiger partial charge in [0.25, 0.3) is 0 Å². The van der Waals surface area contributed by atoms with E-state index < -0.39 is 11.4 Å². The molecule has 2 amide bonds. The number of aromatic nitrogens is 2. The van der Waals surface area contributed by atoms with Crippen LogP contribution in [0.2, 0.25) is 0 Å². The number of aliphatic carboxylic acids is 1. The molecule has 1 aromatic heterocycles. The zero-order valence-electron chi connectivity index (χ0n) is 14.2. The van der Waals surface area contributed by atoms with Gasteiger partial charge in [-0.2, -0.15) is 5.10 Å². The molecule has 2 N–H and O–H groups in total. The lowest BCUT2D eigenvalue weighted by atomic mass is 9.80. The molecule has 1 fully saturated rings. The van der Waals surface area contributed by atoms with Crippen molar-refractivity contribution in [1.29, 1.82) is 0 Å². The maximum atomic E-state index is 12.4. The molecule has 0 radical (unpaired) electrons. The van der Waals surface area contributed by atoms with E-state index in [-0.39, 0.29) is 6.03 Å². The molecular formula is C18H22N4O3. The van der Waals surface area contributed by atoms with E-state index in [4.69, 9.17) is 0 Å². The summed E-state index contributed by atoms with van der Waals surface area (Å²) in [5.41, 5.74) is 0.734. The number of benzene rings is 1. The third kappa shape index (κ3) is 3.50. The molecule has 0 spiro atoms. The number of anilines is 1. The standard InChI is InChI=1S/C18H22N4O3/c1-3-8-22-12-13-4-5-14(11-15(13)20-22)19-17(25)21-9-6-18(2,7-10-21)16(23)24/h3-5,11-12H,1,6-10H2,2H3,(H,19,25)(H,23,24). The number of likely N-dealkylation sites (tertiary alicyclic amines) is 1. The number of nitrogens with zero attached hydrogens (tertiary/aromatic N) is 3. The quantitative estimate of drug-likeness (QED) is 0.836. The van der Waals surface area contributed by atoms with Crippen molar-refractivity contribution in [1.82, 2.24) is 14.7 Å². The van der Waals surface area contributed by atoms with Crippen LogP contribution in [-0.2, 0) is 11.3 Å². The highest BCUT2D eigenvalue weighted by molar-refractivity contribution is 5.92. The minimum atomic E-state index is -0.798. The summed E-state index contributed by atoms with van der Waals surface area (Å²) in [4.78, 5) is 25.4. The maximum absolute atomic E-state index is 12.4. The molecule has 3 rings (SSSR count). The Labute approximate surface area is 145 Å². The van der Waals surface area contributed by atoms with Gasteiger partial charge in [0.2, 0.25) is 0 Å². The zero-order chi connectivity index (χ0) is 18.0. The van der Waals surface area contributed by atoms with Crippen LogP contribution in [-0.4, -0.2) is 44.9 Å². The lowest BCUT2D eigenvalue weighted by Gasteiger charge is -2.36. The average Bonchev–Trinajstić information content (AvgIpc) is 2.97. The number of allylic oxidation sites excluding steroid dienone is 1. The second-order valence-electron chi connectivity index (χ2n) is 6.70. The number of carbonyl (C=O) groups excluding carboxylic acids is 1. The fraction of sp³-hybridized carbons (Fsp3) is 0.389. The van der Waals surface area contributed by atoms with Crippen molar-refractivity contribution in [2.75, 3.05) is 18.4 Å². The number of carboxylic acids is 1. The van der Waals surface area contributed by atoms with Crippen molar-refractivity contribution in [2.45, 2.75) is 26.3 Å². The summed E-state index contributed by atoms with van der Waals surface area (Å²) < 4.78 is 1.79. The molecule has 0 saturated carbocycles. The number of amides is 2. The van der Waals surface area contributed by atoms with Gasteiger partial charge in [-0.3, -0.25) is 9.48 Å². The Balaban J connectivity index is 1.66. The molecule has 0 atom stereocenters. The highest BCUT2D eigenvalue weighted by atomic mass is 16.4. The summed E-state index contributed by atoms with van der Waals surface area (Å²) in [6, 6.07) is 5.37. The van der Waals surface area contributed by atoms with Crippen LogP contribution in [0.4, 0.5) is 10.5 Å². The van der Waals surface area contributed by atoms with Crippen molar-refractivity contribution in [3.63, 3.8) is 0 Å². The lowest BCUT2D eigenvalue weighted by Crippen LogP contribution is -2.46. The van der Waals surface area contributed by atoms with E-state index in [1.165, 1.54) is 0 Å². The molecule has 7 heteroatoms. The summed E-state index contributed by atoms with van der Waals surface area (Å²) in [6.07, 6.45) is 4.62. The molecule has 1 aliphatic heterocycles. The smallest absolute Gasteiger partial charge is 0.321 e. The third-order valence-electron chi connectivity index (χ3n) is 4.79. The molecule has 2 aromatic rings. The molecule has 0 unspecified atom stereocenters. The first-order chi connectivity index (χ1) is 11.9. The lowest BCUT2D eigenvalue weighted by molar-refractivity contribution is -0.150. The van der Waals surface area contributed by atoms with Crippen LogP contribution in [0.1, 0.15) is 19.8 Å². The molecule has 7 nitrogen and oxygen atoms in total. The van der Waals surface area contributed by atoms with Crippen LogP contribution in [0.5, 0.6) is 0 Å². The summed E-state index contributed by atoms with van der Waals surface area (Å²) in [5, 5.41) is 17.6. The van der Waals surface area contributed by atoms with Gasteiger partial charge in [-0.1, -0.05) is 6.08 Å². The SMILES string of the molecule is C=CCn1cc2ccc(NC(=O)N3CCC(C)(C(=O)O)CC3)cc2n1. The minimum absolute atomic E-state index is 0.211. The third-order valence-corrected chi connectivity index (χ3v) is 4.79. The molecule has 0 aliphatic carbocycles. The summed E-state index contributed by atoms with van der Waals surface area (Å²) in [7, 11) is 0. The average molecular weight is 342 g/mol. The van der Waals surface area contributed by atoms with E-state index in [1.54, 1.807) is 22.6 Å². The van der Waals surface area contributed by atoms with Crippen molar-refractivity contribution < 1.29 is 14.7 Å². The second-order valence-corrected chi connectivity index (χ2v) is 6.70. The Bertz CT molecular complexity index is 819. The van der Waals surface area contributed by atoms with Crippen LogP contribution in [0.3, 0.4) is 0 Å². The van der Waals surface area contributed by atoms with Crippen LogP contribution >= 0.6 is 0 Å². The van der Waals surface area contributed by atoms with Gasteiger partial charge in [-0.05, 0) is 38.0 Å². The largest absolute Gasteiger partial charge is 0.481 e. The first kappa shape index (κ1) is 17.0. The molecule has 132 valence electrons. The maximum Gasteiger partial charge on any atom is 0.321 e. The highest BCUT2D eigenvalue weighted by Gasteiger charge is 2.38. The van der Waals surface area contributed by atoms with Crippen LogP contribution < -0.4 is 5.32 Å². The normalized spacial score (nSPS) is 16.6. The number of nitrogens with one attached hydrogen (secondary N) is 1. The number of carboxylic acid groups (broad SMARTS) is 1. The molecule has 2 heterocycles. The van der Waals surface area contributed by atoms with Gasteiger partial charge >= 0.3 is 12.0 Å². The second kappa shape index (κ2) is 6.58. The van der Waals surface area contributed by atoms with Gasteiger partial charge in [0.1, 0.15) is 0 Å². The molecule has 1 aliphatic rings. The Kier molecular flexibility index (Phi) is 4.48. The Morgan fingerprint density at radius 3 is 2.76 bits per heavy atom. The number of hydrogen-bond donors (Lipinski definition) is 2. The number of urea groups is 1. The number of piperidine rings is 1. The Morgan fingerprint density at radius 1 is 1.40 bits per heavy atom. The van der Waals surface area contributed by atoms with E-state index in [9.17, 15) is 14.7 Å². The van der Waals surface area contributed by atoms with Crippen LogP contribution in [0, 0.1) is 5.41 Å². The summed E-state index contributed by atoms with van der Waals surface area (Å²) in [5.74, 6) is -0.798. The van der Waals surface area contributed by atoms with Gasteiger partial charge in [-0.25, -0.2) is 4.79 Å². The fourth-order valence-corrected chi connectivity index (χ4v) is 2.99.